The average Bonchev–Trinajstić information content (AvgIpc) is 2.46. The number of aryl methyl sites for hydroxylation is 1. The van der Waals surface area contributed by atoms with Gasteiger partial charge in [-0.2, -0.15) is 0 Å². The summed E-state index contributed by atoms with van der Waals surface area (Å²) in [5.41, 5.74) is 0.0648. The lowest BCUT2D eigenvalue weighted by Gasteiger charge is -1.94. The maximum absolute atomic E-state index is 10.3. The van der Waals surface area contributed by atoms with E-state index in [2.05, 4.69) is 4.98 Å². The summed E-state index contributed by atoms with van der Waals surface area (Å²) in [7, 11) is -0.184. The van der Waals surface area contributed by atoms with E-state index in [1.807, 2.05) is 0 Å². The molecule has 0 amide bonds. The molecule has 0 saturated heterocycles. The van der Waals surface area contributed by atoms with Crippen molar-refractivity contribution in [2.24, 2.45) is 7.02 Å². The lowest BCUT2D eigenvalue weighted by Crippen LogP contribution is -1.98. The lowest BCUT2D eigenvalue weighted by atomic mass is 10.4. The Morgan fingerprint density at radius 3 is 3.27 bits per heavy atom. The second-order valence-corrected chi connectivity index (χ2v) is 1.90. The molecule has 0 saturated carbocycles. The molecule has 0 unspecified atom stereocenters. The third-order valence-electron chi connectivity index (χ3n) is 1.25. The Bertz CT molecular complexity index is 298. The summed E-state index contributed by atoms with van der Waals surface area (Å²) >= 11 is 0. The number of nitrogens with zero attached hydrogens (tertiary/aromatic N) is 3. The van der Waals surface area contributed by atoms with E-state index in [9.17, 15) is 10.1 Å². The molecule has 11 heavy (non-hydrogen) atoms. The van der Waals surface area contributed by atoms with Gasteiger partial charge in [0.15, 0.2) is 0 Å². The smallest absolute Gasteiger partial charge is 0.387 e. The summed E-state index contributed by atoms with van der Waals surface area (Å²) in [6.07, 6.45) is 1.16. The van der Waals surface area contributed by atoms with Gasteiger partial charge in [0.25, 0.3) is 0 Å². The van der Waals surface area contributed by atoms with Crippen LogP contribution in [0.3, 0.4) is 0 Å². The molecular formula is C5H7N3O3. The minimum Gasteiger partial charge on any atom is -0.390 e. The van der Waals surface area contributed by atoms with Crippen LogP contribution in [0.15, 0.2) is 6.33 Å². The van der Waals surface area contributed by atoms with Crippen LogP contribution in [-0.2, 0) is 13.6 Å². The van der Waals surface area contributed by atoms with Crippen molar-refractivity contribution in [2.45, 2.75) is 6.61 Å². The van der Waals surface area contributed by atoms with Crippen molar-refractivity contribution in [3.8, 4) is 0 Å². The largest absolute Gasteiger partial charge is 0.390 e. The molecule has 0 spiro atoms. The number of rotatable bonds is 2. The lowest BCUT2D eigenvalue weighted by molar-refractivity contribution is -0.390. The molecule has 1 aromatic rings. The van der Waals surface area contributed by atoms with E-state index in [1.54, 1.807) is 0 Å². The normalized spacial score (nSPS) is 11.2. The van der Waals surface area contributed by atoms with Gasteiger partial charge in [-0.25, -0.2) is 0 Å². The molecule has 1 heterocycles. The molecule has 0 radical (unpaired) electrons. The third-order valence-corrected chi connectivity index (χ3v) is 1.25. The van der Waals surface area contributed by atoms with E-state index >= 15 is 0 Å². The summed E-state index contributed by atoms with van der Waals surface area (Å²) in [5.74, 6) is -0.384. The maximum atomic E-state index is 10.3. The molecule has 6 heteroatoms. The number of hydrogen-bond acceptors (Lipinski definition) is 4. The average molecular weight is 158 g/mol. The topological polar surface area (TPSA) is 81.2 Å². The van der Waals surface area contributed by atoms with Crippen LogP contribution in [0.5, 0.6) is 0 Å². The van der Waals surface area contributed by atoms with Gasteiger partial charge >= 0.3 is 5.82 Å². The molecule has 1 N–H and O–H groups in total. The van der Waals surface area contributed by atoms with E-state index in [4.69, 9.17) is 6.48 Å². The standard InChI is InChI=1S/C5H7N3O3/c1-7-3-6-5(8(10)11)4(7)2-9/h3,9H,2H2,1H3/i1D. The zero-order valence-corrected chi connectivity index (χ0v) is 5.60. The number of nitro groups is 1. The van der Waals surface area contributed by atoms with Gasteiger partial charge < -0.3 is 19.8 Å². The molecule has 1 aromatic heterocycles. The van der Waals surface area contributed by atoms with E-state index in [0.29, 0.717) is 0 Å². The maximum Gasteiger partial charge on any atom is 0.387 e. The Morgan fingerprint density at radius 1 is 2.09 bits per heavy atom. The van der Waals surface area contributed by atoms with Crippen LogP contribution in [0, 0.1) is 10.1 Å². The molecule has 1 rings (SSSR count). The summed E-state index contributed by atoms with van der Waals surface area (Å²) in [6.45, 7) is -0.477. The van der Waals surface area contributed by atoms with Gasteiger partial charge in [0.1, 0.15) is 5.69 Å². The van der Waals surface area contributed by atoms with Crippen molar-refractivity contribution in [1.29, 1.82) is 0 Å². The van der Waals surface area contributed by atoms with Crippen molar-refractivity contribution in [3.63, 3.8) is 0 Å². The highest BCUT2D eigenvalue weighted by molar-refractivity contribution is 5.25. The fourth-order valence-electron chi connectivity index (χ4n) is 0.711. The summed E-state index contributed by atoms with van der Waals surface area (Å²) in [5, 5.41) is 19.0. The van der Waals surface area contributed by atoms with Crippen LogP contribution in [0.25, 0.3) is 0 Å². The summed E-state index contributed by atoms with van der Waals surface area (Å²) in [6, 6.07) is 0. The van der Waals surface area contributed by atoms with Crippen LogP contribution in [0.2, 0.25) is 0 Å². The fraction of sp³-hybridized carbons (Fsp3) is 0.400. The van der Waals surface area contributed by atoms with Crippen molar-refractivity contribution >= 4 is 5.82 Å². The van der Waals surface area contributed by atoms with E-state index in [1.165, 1.54) is 4.57 Å². The SMILES string of the molecule is [2H]Cn1cnc([N+](=O)[O-])c1CO. The van der Waals surface area contributed by atoms with Gasteiger partial charge in [-0.15, -0.1) is 0 Å². The predicted octanol–water partition coefficient (Wildman–Crippen LogP) is -0.179. The fourth-order valence-corrected chi connectivity index (χ4v) is 0.711. The minimum absolute atomic E-state index is 0.0648. The van der Waals surface area contributed by atoms with Gasteiger partial charge in [0.05, 0.1) is 6.61 Å². The van der Waals surface area contributed by atoms with Crippen molar-refractivity contribution in [2.75, 3.05) is 0 Å². The molecule has 0 bridgehead atoms. The van der Waals surface area contributed by atoms with E-state index in [0.717, 1.165) is 6.33 Å². The molecule has 0 aliphatic rings. The zero-order chi connectivity index (χ0) is 9.14. The summed E-state index contributed by atoms with van der Waals surface area (Å²) in [4.78, 5) is 13.0. The zero-order valence-electron chi connectivity index (χ0n) is 6.60. The first-order valence-electron chi connectivity index (χ1n) is 3.50. The van der Waals surface area contributed by atoms with Gasteiger partial charge in [-0.05, 0) is 9.91 Å². The Morgan fingerprint density at radius 2 is 2.82 bits per heavy atom. The first-order valence-corrected chi connectivity index (χ1v) is 2.79. The van der Waals surface area contributed by atoms with Crippen LogP contribution in [0.1, 0.15) is 7.06 Å². The van der Waals surface area contributed by atoms with Crippen molar-refractivity contribution < 1.29 is 11.4 Å². The molecule has 6 nitrogen and oxygen atoms in total. The van der Waals surface area contributed by atoms with Gasteiger partial charge in [0, 0.05) is 8.39 Å². The van der Waals surface area contributed by atoms with Gasteiger partial charge in [0.2, 0.25) is 6.33 Å². The van der Waals surface area contributed by atoms with Crippen LogP contribution in [0.4, 0.5) is 5.82 Å². The quantitative estimate of drug-likeness (QED) is 0.478. The molecular weight excluding hydrogens is 150 g/mol. The third kappa shape index (κ3) is 1.20. The second-order valence-electron chi connectivity index (χ2n) is 1.90. The molecule has 0 aliphatic carbocycles. The van der Waals surface area contributed by atoms with Gasteiger partial charge in [-0.3, -0.25) is 0 Å². The van der Waals surface area contributed by atoms with E-state index < -0.39 is 11.5 Å². The van der Waals surface area contributed by atoms with Crippen LogP contribution >= 0.6 is 0 Å². The van der Waals surface area contributed by atoms with Crippen LogP contribution < -0.4 is 0 Å². The first kappa shape index (κ1) is 6.29. The minimum atomic E-state index is -0.683. The highest BCUT2D eigenvalue weighted by Gasteiger charge is 2.17. The number of aliphatic hydroxyl groups excluding tert-OH is 1. The second kappa shape index (κ2) is 2.67. The number of imidazole rings is 1. The highest BCUT2D eigenvalue weighted by atomic mass is 16.6. The Balaban J connectivity index is 3.13. The monoisotopic (exact) mass is 158 g/mol. The molecule has 0 fully saturated rings. The molecule has 0 aromatic carbocycles. The highest BCUT2D eigenvalue weighted by Crippen LogP contribution is 2.13. The van der Waals surface area contributed by atoms with Gasteiger partial charge in [-0.1, -0.05) is 0 Å². The van der Waals surface area contributed by atoms with Crippen LogP contribution in [-0.4, -0.2) is 19.6 Å². The van der Waals surface area contributed by atoms with Crippen molar-refractivity contribution in [1.82, 2.24) is 9.55 Å². The van der Waals surface area contributed by atoms with Crippen molar-refractivity contribution in [3.05, 3.63) is 22.1 Å². The Labute approximate surface area is 63.7 Å². The molecule has 0 aliphatic heterocycles. The Kier molecular flexibility index (Phi) is 1.53. The number of aliphatic hydroxyl groups is 1. The number of aromatic nitrogens is 2. The van der Waals surface area contributed by atoms with E-state index in [-0.39, 0.29) is 18.5 Å². The molecule has 60 valence electrons. The summed E-state index contributed by atoms with van der Waals surface area (Å²) < 4.78 is 8.14. The first-order chi connectivity index (χ1) is 5.70. The molecule has 0 atom stereocenters. The predicted molar refractivity (Wildman–Crippen MR) is 35.8 cm³/mol. The number of hydrogen-bond donors (Lipinski definition) is 1. The Hall–Kier alpha value is -1.43.